The molecule has 1 aromatic rings. The van der Waals surface area contributed by atoms with Gasteiger partial charge in [-0.3, -0.25) is 9.59 Å². The van der Waals surface area contributed by atoms with Crippen molar-refractivity contribution in [3.05, 3.63) is 47.7 Å². The van der Waals surface area contributed by atoms with Crippen molar-refractivity contribution in [2.24, 2.45) is 0 Å². The van der Waals surface area contributed by atoms with Crippen LogP contribution in [0.2, 0.25) is 0 Å². The van der Waals surface area contributed by atoms with Crippen molar-refractivity contribution in [3.8, 4) is 0 Å². The molecule has 3 aliphatic rings. The number of benzene rings is 1. The van der Waals surface area contributed by atoms with Gasteiger partial charge >= 0.3 is 0 Å². The van der Waals surface area contributed by atoms with Gasteiger partial charge in [0.25, 0.3) is 0 Å². The van der Waals surface area contributed by atoms with E-state index in [9.17, 15) is 9.59 Å². The molecule has 2 heterocycles. The molecule has 0 N–H and O–H groups in total. The molecule has 1 aliphatic carbocycles. The van der Waals surface area contributed by atoms with Crippen LogP contribution in [0.4, 0.5) is 5.69 Å². The summed E-state index contributed by atoms with van der Waals surface area (Å²) < 4.78 is 10.6. The third-order valence-corrected chi connectivity index (χ3v) is 3.95. The lowest BCUT2D eigenvalue weighted by Crippen LogP contribution is -2.42. The Labute approximate surface area is 121 Å². The smallest absolute Gasteiger partial charge is 0.211 e. The zero-order chi connectivity index (χ0) is 14.6. The molecule has 1 fully saturated rings. The van der Waals surface area contributed by atoms with Gasteiger partial charge in [0.2, 0.25) is 5.78 Å². The summed E-state index contributed by atoms with van der Waals surface area (Å²) in [4.78, 5) is 26.1. The number of ketones is 2. The summed E-state index contributed by atoms with van der Waals surface area (Å²) >= 11 is 0. The van der Waals surface area contributed by atoms with Crippen molar-refractivity contribution < 1.29 is 19.1 Å². The number of carbonyl (C=O) groups excluding carboxylic acids is 2. The van der Waals surface area contributed by atoms with Crippen LogP contribution in [0.1, 0.15) is 5.56 Å². The lowest BCUT2D eigenvalue weighted by molar-refractivity contribution is -0.119. The first-order chi connectivity index (χ1) is 10.2. The second-order valence-corrected chi connectivity index (χ2v) is 5.19. The molecule has 0 aromatic heterocycles. The number of ether oxygens (including phenoxy) is 2. The van der Waals surface area contributed by atoms with E-state index in [4.69, 9.17) is 9.47 Å². The van der Waals surface area contributed by atoms with Gasteiger partial charge in [-0.05, 0) is 17.7 Å². The zero-order valence-corrected chi connectivity index (χ0v) is 11.4. The average Bonchev–Trinajstić information content (AvgIpc) is 3.31. The molecule has 21 heavy (non-hydrogen) atoms. The van der Waals surface area contributed by atoms with E-state index in [1.54, 1.807) is 12.0 Å². The molecule has 0 saturated carbocycles. The van der Waals surface area contributed by atoms with Gasteiger partial charge in [0, 0.05) is 13.2 Å². The number of carbonyl (C=O) groups is 2. The molecule has 4 rings (SSSR count). The Kier molecular flexibility index (Phi) is 2.60. The first-order valence-corrected chi connectivity index (χ1v) is 6.75. The third-order valence-electron chi connectivity index (χ3n) is 3.95. The highest BCUT2D eigenvalue weighted by molar-refractivity contribution is 6.17. The molecule has 2 aliphatic heterocycles. The zero-order valence-electron chi connectivity index (χ0n) is 11.4. The molecule has 3 unspecified atom stereocenters. The van der Waals surface area contributed by atoms with E-state index in [-0.39, 0.29) is 11.6 Å². The highest BCUT2D eigenvalue weighted by Crippen LogP contribution is 2.38. The van der Waals surface area contributed by atoms with Crippen LogP contribution in [0.5, 0.6) is 0 Å². The van der Waals surface area contributed by atoms with Gasteiger partial charge in [0.1, 0.15) is 0 Å². The summed E-state index contributed by atoms with van der Waals surface area (Å²) in [5.41, 5.74) is 2.16. The molecule has 1 aromatic carbocycles. The van der Waals surface area contributed by atoms with E-state index in [2.05, 4.69) is 0 Å². The Balaban J connectivity index is 1.83. The highest BCUT2D eigenvalue weighted by Gasteiger charge is 2.54. The van der Waals surface area contributed by atoms with Gasteiger partial charge in [0.05, 0.1) is 11.4 Å². The number of para-hydroxylation sites is 1. The standard InChI is InChI=1S/C16H13NO4/c1-20-13-7-6-9-4-2-3-5-10(9)17(13)11-8-12(18)15-16(21-15)14(11)19/h2-8,13,15-16H,1H3. The van der Waals surface area contributed by atoms with Gasteiger partial charge in [0.15, 0.2) is 24.2 Å². The van der Waals surface area contributed by atoms with Crippen LogP contribution < -0.4 is 4.90 Å². The first kappa shape index (κ1) is 12.5. The van der Waals surface area contributed by atoms with E-state index in [0.29, 0.717) is 5.70 Å². The highest BCUT2D eigenvalue weighted by atomic mass is 16.6. The topological polar surface area (TPSA) is 59.1 Å². The van der Waals surface area contributed by atoms with E-state index < -0.39 is 18.4 Å². The number of hydrogen-bond donors (Lipinski definition) is 0. The number of fused-ring (bicyclic) bond motifs is 2. The minimum atomic E-state index is -0.618. The van der Waals surface area contributed by atoms with Crippen LogP contribution in [-0.2, 0) is 19.1 Å². The maximum Gasteiger partial charge on any atom is 0.211 e. The molecule has 5 nitrogen and oxygen atoms in total. The second kappa shape index (κ2) is 4.38. The van der Waals surface area contributed by atoms with Crippen molar-refractivity contribution in [1.29, 1.82) is 0 Å². The second-order valence-electron chi connectivity index (χ2n) is 5.19. The Hall–Kier alpha value is -2.24. The Bertz CT molecular complexity index is 706. The SMILES string of the molecule is COC1C=Cc2ccccc2N1C1=CC(=O)C2OC2C1=O. The number of methoxy groups -OCH3 is 1. The molecule has 5 heteroatoms. The van der Waals surface area contributed by atoms with Crippen LogP contribution in [0.15, 0.2) is 42.1 Å². The lowest BCUT2D eigenvalue weighted by atomic mass is 9.98. The number of rotatable bonds is 2. The summed E-state index contributed by atoms with van der Waals surface area (Å²) in [5, 5.41) is 0. The van der Waals surface area contributed by atoms with Crippen molar-refractivity contribution in [1.82, 2.24) is 0 Å². The van der Waals surface area contributed by atoms with Crippen LogP contribution in [0.25, 0.3) is 6.08 Å². The summed E-state index contributed by atoms with van der Waals surface area (Å²) in [5.74, 6) is -0.316. The fourth-order valence-corrected chi connectivity index (χ4v) is 2.86. The van der Waals surface area contributed by atoms with Crippen LogP contribution in [0.3, 0.4) is 0 Å². The fourth-order valence-electron chi connectivity index (χ4n) is 2.86. The largest absolute Gasteiger partial charge is 0.358 e. The van der Waals surface area contributed by atoms with Crippen molar-refractivity contribution in [3.63, 3.8) is 0 Å². The fraction of sp³-hybridized carbons (Fsp3) is 0.250. The summed E-state index contributed by atoms with van der Waals surface area (Å²) in [6.07, 6.45) is 3.58. The molecule has 0 amide bonds. The molecule has 3 atom stereocenters. The van der Waals surface area contributed by atoms with Crippen LogP contribution in [-0.4, -0.2) is 37.1 Å². The van der Waals surface area contributed by atoms with Gasteiger partial charge < -0.3 is 14.4 Å². The third kappa shape index (κ3) is 1.78. The van der Waals surface area contributed by atoms with Crippen molar-refractivity contribution in [2.75, 3.05) is 12.0 Å². The summed E-state index contributed by atoms with van der Waals surface area (Å²) in [6.45, 7) is 0. The van der Waals surface area contributed by atoms with Gasteiger partial charge in [-0.25, -0.2) is 0 Å². The monoisotopic (exact) mass is 283 g/mol. The minimum absolute atomic E-state index is 0.156. The maximum atomic E-state index is 12.4. The van der Waals surface area contributed by atoms with Gasteiger partial charge in [-0.15, -0.1) is 0 Å². The normalized spacial score (nSPS) is 29.9. The predicted molar refractivity (Wildman–Crippen MR) is 75.5 cm³/mol. The van der Waals surface area contributed by atoms with Gasteiger partial charge in [-0.2, -0.15) is 0 Å². The van der Waals surface area contributed by atoms with E-state index in [0.717, 1.165) is 11.3 Å². The molecular weight excluding hydrogens is 270 g/mol. The Morgan fingerprint density at radius 1 is 1.19 bits per heavy atom. The summed E-state index contributed by atoms with van der Waals surface area (Å²) in [6, 6.07) is 7.68. The van der Waals surface area contributed by atoms with Gasteiger partial charge in [-0.1, -0.05) is 24.3 Å². The van der Waals surface area contributed by atoms with E-state index in [1.165, 1.54) is 6.08 Å². The molecule has 0 bridgehead atoms. The average molecular weight is 283 g/mol. The Morgan fingerprint density at radius 2 is 2.00 bits per heavy atom. The van der Waals surface area contributed by atoms with Crippen LogP contribution in [0, 0.1) is 0 Å². The minimum Gasteiger partial charge on any atom is -0.358 e. The first-order valence-electron chi connectivity index (χ1n) is 6.75. The molecule has 1 saturated heterocycles. The summed E-state index contributed by atoms with van der Waals surface area (Å²) in [7, 11) is 1.57. The lowest BCUT2D eigenvalue weighted by Gasteiger charge is -2.35. The van der Waals surface area contributed by atoms with Crippen molar-refractivity contribution in [2.45, 2.75) is 18.4 Å². The van der Waals surface area contributed by atoms with E-state index >= 15 is 0 Å². The van der Waals surface area contributed by atoms with Crippen molar-refractivity contribution >= 4 is 23.3 Å². The number of nitrogens with zero attached hydrogens (tertiary/aromatic N) is 1. The molecular formula is C16H13NO4. The predicted octanol–water partition coefficient (Wildman–Crippen LogP) is 1.30. The van der Waals surface area contributed by atoms with Crippen LogP contribution >= 0.6 is 0 Å². The molecule has 0 radical (unpaired) electrons. The Morgan fingerprint density at radius 3 is 2.81 bits per heavy atom. The molecule has 106 valence electrons. The van der Waals surface area contributed by atoms with E-state index in [1.807, 2.05) is 36.4 Å². The number of Topliss-reactive ketones (excluding diaryl/α,β-unsaturated/α-hetero) is 1. The maximum absolute atomic E-state index is 12.4. The molecule has 0 spiro atoms. The quantitative estimate of drug-likeness (QED) is 0.766. The number of hydrogen-bond acceptors (Lipinski definition) is 5. The number of epoxide rings is 1. The number of anilines is 1.